The normalized spacial score (nSPS) is 11.9. The lowest BCUT2D eigenvalue weighted by molar-refractivity contribution is 0.633. The molecular weight excluding hydrogens is 560 g/mol. The summed E-state index contributed by atoms with van der Waals surface area (Å²) in [5.74, 6) is 0.888. The number of benzene rings is 8. The largest absolute Gasteiger partial charge is 0.456 e. The van der Waals surface area contributed by atoms with Crippen molar-refractivity contribution in [1.82, 2.24) is 0 Å². The molecule has 8 aromatic carbocycles. The van der Waals surface area contributed by atoms with Crippen molar-refractivity contribution in [1.29, 1.82) is 0 Å². The highest BCUT2D eigenvalue weighted by Crippen LogP contribution is 2.47. The van der Waals surface area contributed by atoms with Gasteiger partial charge in [0.2, 0.25) is 0 Å². The molecular formula is C44H26O2. The summed E-state index contributed by atoms with van der Waals surface area (Å²) >= 11 is 0. The molecule has 2 heterocycles. The topological polar surface area (TPSA) is 26.3 Å². The van der Waals surface area contributed by atoms with Crippen LogP contribution in [0.4, 0.5) is 0 Å². The summed E-state index contributed by atoms with van der Waals surface area (Å²) in [7, 11) is 0. The van der Waals surface area contributed by atoms with Crippen LogP contribution in [0.2, 0.25) is 0 Å². The summed E-state index contributed by atoms with van der Waals surface area (Å²) in [5, 5.41) is 10.6. The molecule has 10 aromatic rings. The van der Waals surface area contributed by atoms with Crippen LogP contribution in [-0.4, -0.2) is 0 Å². The Hall–Kier alpha value is -6.12. The van der Waals surface area contributed by atoms with Gasteiger partial charge in [-0.05, 0) is 67.2 Å². The van der Waals surface area contributed by atoms with Gasteiger partial charge in [0.25, 0.3) is 0 Å². The number of hydrogen-bond acceptors (Lipinski definition) is 2. The van der Waals surface area contributed by atoms with Gasteiger partial charge in [-0.25, -0.2) is 0 Å². The van der Waals surface area contributed by atoms with E-state index in [1.54, 1.807) is 0 Å². The second-order valence-electron chi connectivity index (χ2n) is 12.0. The summed E-state index contributed by atoms with van der Waals surface area (Å²) < 4.78 is 13.0. The molecule has 0 atom stereocenters. The Morgan fingerprint density at radius 1 is 0.304 bits per heavy atom. The van der Waals surface area contributed by atoms with E-state index in [1.165, 1.54) is 43.4 Å². The summed E-state index contributed by atoms with van der Waals surface area (Å²) in [6, 6.07) is 56.0. The van der Waals surface area contributed by atoms with E-state index in [1.807, 2.05) is 24.3 Å². The quantitative estimate of drug-likeness (QED) is 0.193. The molecule has 46 heavy (non-hydrogen) atoms. The smallest absolute Gasteiger partial charge is 0.143 e. The summed E-state index contributed by atoms with van der Waals surface area (Å²) in [5.41, 5.74) is 8.57. The lowest BCUT2D eigenvalue weighted by Gasteiger charge is -2.18. The minimum Gasteiger partial charge on any atom is -0.456 e. The van der Waals surface area contributed by atoms with Gasteiger partial charge in [0.15, 0.2) is 0 Å². The lowest BCUT2D eigenvalue weighted by Crippen LogP contribution is -1.92. The van der Waals surface area contributed by atoms with Crippen LogP contribution >= 0.6 is 0 Å². The molecule has 2 heteroatoms. The number of hydrogen-bond donors (Lipinski definition) is 0. The highest BCUT2D eigenvalue weighted by atomic mass is 16.3. The molecule has 0 N–H and O–H groups in total. The zero-order valence-corrected chi connectivity index (χ0v) is 24.8. The van der Waals surface area contributed by atoms with Crippen LogP contribution in [0.5, 0.6) is 0 Å². The monoisotopic (exact) mass is 586 g/mol. The third-order valence-corrected chi connectivity index (χ3v) is 9.49. The first-order valence-electron chi connectivity index (χ1n) is 15.7. The fourth-order valence-corrected chi connectivity index (χ4v) is 7.50. The van der Waals surface area contributed by atoms with E-state index in [9.17, 15) is 0 Å². The minimum absolute atomic E-state index is 0.888. The Morgan fingerprint density at radius 2 is 0.826 bits per heavy atom. The molecule has 0 amide bonds. The van der Waals surface area contributed by atoms with Crippen LogP contribution < -0.4 is 0 Å². The van der Waals surface area contributed by atoms with E-state index in [0.29, 0.717) is 0 Å². The number of rotatable bonds is 3. The average molecular weight is 587 g/mol. The van der Waals surface area contributed by atoms with E-state index >= 15 is 0 Å². The van der Waals surface area contributed by atoms with Crippen molar-refractivity contribution in [3.8, 4) is 33.6 Å². The maximum Gasteiger partial charge on any atom is 0.143 e. The second kappa shape index (κ2) is 9.69. The molecule has 10 rings (SSSR count). The molecule has 2 nitrogen and oxygen atoms in total. The van der Waals surface area contributed by atoms with E-state index in [-0.39, 0.29) is 0 Å². The Bertz CT molecular complexity index is 2720. The molecule has 0 spiro atoms. The summed E-state index contributed by atoms with van der Waals surface area (Å²) in [4.78, 5) is 0. The molecule has 0 unspecified atom stereocenters. The van der Waals surface area contributed by atoms with Crippen molar-refractivity contribution in [2.45, 2.75) is 0 Å². The summed E-state index contributed by atoms with van der Waals surface area (Å²) in [6.07, 6.45) is 0. The van der Waals surface area contributed by atoms with Crippen molar-refractivity contribution in [2.75, 3.05) is 0 Å². The van der Waals surface area contributed by atoms with E-state index in [0.717, 1.165) is 55.4 Å². The number of fused-ring (bicyclic) bond motifs is 7. The third-order valence-electron chi connectivity index (χ3n) is 9.49. The molecule has 0 radical (unpaired) electrons. The van der Waals surface area contributed by atoms with Crippen LogP contribution in [0.1, 0.15) is 0 Å². The van der Waals surface area contributed by atoms with Gasteiger partial charge in [0, 0.05) is 27.3 Å². The van der Waals surface area contributed by atoms with Gasteiger partial charge in [0.1, 0.15) is 22.5 Å². The molecule has 0 saturated heterocycles. The van der Waals surface area contributed by atoms with Crippen molar-refractivity contribution in [3.63, 3.8) is 0 Å². The van der Waals surface area contributed by atoms with Gasteiger partial charge in [0.05, 0.1) is 0 Å². The fourth-order valence-electron chi connectivity index (χ4n) is 7.50. The first-order valence-corrected chi connectivity index (χ1v) is 15.7. The zero-order valence-electron chi connectivity index (χ0n) is 24.8. The van der Waals surface area contributed by atoms with Crippen molar-refractivity contribution in [2.24, 2.45) is 0 Å². The van der Waals surface area contributed by atoms with Crippen LogP contribution in [0, 0.1) is 0 Å². The van der Waals surface area contributed by atoms with Crippen LogP contribution in [-0.2, 0) is 0 Å². The Balaban J connectivity index is 1.28. The molecule has 2 aromatic heterocycles. The molecule has 0 aliphatic carbocycles. The van der Waals surface area contributed by atoms with Crippen LogP contribution in [0.25, 0.3) is 98.8 Å². The maximum atomic E-state index is 6.50. The van der Waals surface area contributed by atoms with Crippen LogP contribution in [0.3, 0.4) is 0 Å². The molecule has 0 aliphatic heterocycles. The van der Waals surface area contributed by atoms with Gasteiger partial charge in [-0.3, -0.25) is 0 Å². The third kappa shape index (κ3) is 3.59. The van der Waals surface area contributed by atoms with Gasteiger partial charge in [-0.1, -0.05) is 140 Å². The summed E-state index contributed by atoms with van der Waals surface area (Å²) in [6.45, 7) is 0. The zero-order chi connectivity index (χ0) is 30.2. The molecule has 0 bridgehead atoms. The molecule has 0 saturated carbocycles. The predicted molar refractivity (Wildman–Crippen MR) is 192 cm³/mol. The van der Waals surface area contributed by atoms with E-state index < -0.39 is 0 Å². The Kier molecular flexibility index (Phi) is 5.31. The first-order chi connectivity index (χ1) is 22.8. The van der Waals surface area contributed by atoms with Crippen molar-refractivity contribution >= 4 is 65.2 Å². The SMILES string of the molecule is c1ccc2oc(-c3c4ccccc4c(-c4ccc(-c5cccc6c5oc5ccccc56)c5ccccc45)c4ccccc34)cc2c1. The Morgan fingerprint density at radius 3 is 1.52 bits per heavy atom. The standard InChI is InChI=1S/C44H26O2/c1-9-22-39-27(12-1)26-41(45-39)43-34-18-6-4-16-32(34)42(33-17-5-7-19-35(33)43)36-25-24-30(28-13-2-3-14-29(28)36)37-20-11-21-38-31-15-8-10-23-40(31)46-44(37)38/h1-26H. The predicted octanol–water partition coefficient (Wildman–Crippen LogP) is 12.8. The number of para-hydroxylation sites is 3. The average Bonchev–Trinajstić information content (AvgIpc) is 3.72. The minimum atomic E-state index is 0.888. The van der Waals surface area contributed by atoms with Crippen molar-refractivity contribution in [3.05, 3.63) is 158 Å². The van der Waals surface area contributed by atoms with Crippen LogP contribution in [0.15, 0.2) is 167 Å². The van der Waals surface area contributed by atoms with Gasteiger partial charge in [-0.2, -0.15) is 0 Å². The first kappa shape index (κ1) is 25.2. The highest BCUT2D eigenvalue weighted by molar-refractivity contribution is 6.24. The van der Waals surface area contributed by atoms with E-state index in [2.05, 4.69) is 133 Å². The fraction of sp³-hybridized carbons (Fsp3) is 0. The van der Waals surface area contributed by atoms with Gasteiger partial charge in [-0.15, -0.1) is 0 Å². The molecule has 214 valence electrons. The van der Waals surface area contributed by atoms with Gasteiger partial charge < -0.3 is 8.83 Å². The van der Waals surface area contributed by atoms with Crippen molar-refractivity contribution < 1.29 is 8.83 Å². The lowest BCUT2D eigenvalue weighted by atomic mass is 9.84. The highest BCUT2D eigenvalue weighted by Gasteiger charge is 2.21. The van der Waals surface area contributed by atoms with E-state index in [4.69, 9.17) is 8.83 Å². The van der Waals surface area contributed by atoms with Gasteiger partial charge >= 0.3 is 0 Å². The molecule has 0 fully saturated rings. The second-order valence-corrected chi connectivity index (χ2v) is 12.0. The number of furan rings is 2. The molecule has 0 aliphatic rings. The maximum absolute atomic E-state index is 6.50. The Labute approximate surface area is 264 Å².